The molecule has 0 aliphatic heterocycles. The smallest absolute Gasteiger partial charge is 0.141 e. The number of phenols is 1. The monoisotopic (exact) mass is 301 g/mol. The topological polar surface area (TPSA) is 32.3 Å². The molecule has 0 amide bonds. The lowest BCUT2D eigenvalue weighted by Crippen LogP contribution is -2.01. The van der Waals surface area contributed by atoms with Gasteiger partial charge in [0, 0.05) is 17.8 Å². The Labute approximate surface area is 126 Å². The van der Waals surface area contributed by atoms with Gasteiger partial charge >= 0.3 is 0 Å². The number of fused-ring (bicyclic) bond motifs is 1. The minimum absolute atomic E-state index is 0.0714. The van der Waals surface area contributed by atoms with Gasteiger partial charge in [0.25, 0.3) is 0 Å². The fraction of sp³-hybridized carbons (Fsp3) is 0.0588. The fourth-order valence-electron chi connectivity index (χ4n) is 2.31. The van der Waals surface area contributed by atoms with Crippen molar-refractivity contribution in [2.45, 2.75) is 6.54 Å². The van der Waals surface area contributed by atoms with Crippen LogP contribution in [0.3, 0.4) is 0 Å². The van der Waals surface area contributed by atoms with Crippen LogP contribution in [0, 0.1) is 5.82 Å². The van der Waals surface area contributed by atoms with Crippen molar-refractivity contribution in [2.75, 3.05) is 5.32 Å². The zero-order valence-corrected chi connectivity index (χ0v) is 11.9. The highest BCUT2D eigenvalue weighted by Crippen LogP contribution is 2.28. The maximum absolute atomic E-state index is 13.1. The van der Waals surface area contributed by atoms with Crippen molar-refractivity contribution in [3.63, 3.8) is 0 Å². The fourth-order valence-corrected chi connectivity index (χ4v) is 2.49. The van der Waals surface area contributed by atoms with Crippen LogP contribution in [-0.4, -0.2) is 5.11 Å². The molecule has 0 bridgehead atoms. The summed E-state index contributed by atoms with van der Waals surface area (Å²) >= 11 is 5.76. The zero-order valence-electron chi connectivity index (χ0n) is 11.1. The Hall–Kier alpha value is -2.26. The summed E-state index contributed by atoms with van der Waals surface area (Å²) in [6.45, 7) is 0.426. The summed E-state index contributed by atoms with van der Waals surface area (Å²) in [7, 11) is 0. The molecule has 4 heteroatoms. The molecular formula is C17H13ClFNO. The van der Waals surface area contributed by atoms with Gasteiger partial charge in [0.2, 0.25) is 0 Å². The van der Waals surface area contributed by atoms with Crippen LogP contribution in [0.2, 0.25) is 5.02 Å². The van der Waals surface area contributed by atoms with Crippen molar-refractivity contribution in [1.29, 1.82) is 0 Å². The second-order valence-electron chi connectivity index (χ2n) is 4.77. The summed E-state index contributed by atoms with van der Waals surface area (Å²) in [5.41, 5.74) is 1.50. The van der Waals surface area contributed by atoms with Gasteiger partial charge in [0.05, 0.1) is 5.02 Å². The van der Waals surface area contributed by atoms with E-state index in [0.29, 0.717) is 12.2 Å². The maximum Gasteiger partial charge on any atom is 0.141 e. The van der Waals surface area contributed by atoms with Crippen LogP contribution in [0.5, 0.6) is 5.75 Å². The van der Waals surface area contributed by atoms with Crippen LogP contribution >= 0.6 is 11.6 Å². The van der Waals surface area contributed by atoms with Crippen molar-refractivity contribution >= 4 is 28.1 Å². The van der Waals surface area contributed by atoms with E-state index in [1.807, 2.05) is 30.3 Å². The van der Waals surface area contributed by atoms with E-state index in [4.69, 9.17) is 11.6 Å². The van der Waals surface area contributed by atoms with E-state index >= 15 is 0 Å². The first kappa shape index (κ1) is 13.7. The Kier molecular flexibility index (Phi) is 3.67. The summed E-state index contributed by atoms with van der Waals surface area (Å²) in [5.74, 6) is -0.218. The maximum atomic E-state index is 13.1. The summed E-state index contributed by atoms with van der Waals surface area (Å²) in [6, 6.07) is 15.9. The molecule has 0 aliphatic rings. The van der Waals surface area contributed by atoms with Gasteiger partial charge in [-0.05, 0) is 35.0 Å². The van der Waals surface area contributed by atoms with Gasteiger partial charge < -0.3 is 10.4 Å². The van der Waals surface area contributed by atoms with Gasteiger partial charge in [-0.3, -0.25) is 0 Å². The number of hydrogen-bond acceptors (Lipinski definition) is 2. The van der Waals surface area contributed by atoms with E-state index in [-0.39, 0.29) is 10.8 Å². The first-order chi connectivity index (χ1) is 10.1. The number of rotatable bonds is 3. The van der Waals surface area contributed by atoms with Gasteiger partial charge in [-0.25, -0.2) is 4.39 Å². The summed E-state index contributed by atoms with van der Waals surface area (Å²) in [4.78, 5) is 0. The van der Waals surface area contributed by atoms with Crippen molar-refractivity contribution in [2.24, 2.45) is 0 Å². The molecule has 3 aromatic carbocycles. The molecule has 0 saturated heterocycles. The van der Waals surface area contributed by atoms with Crippen molar-refractivity contribution < 1.29 is 9.50 Å². The molecule has 0 fully saturated rings. The Balaban J connectivity index is 1.91. The van der Waals surface area contributed by atoms with Crippen LogP contribution in [-0.2, 0) is 6.54 Å². The average Bonchev–Trinajstić information content (AvgIpc) is 2.50. The molecule has 0 aromatic heterocycles. The number of nitrogens with one attached hydrogen (secondary N) is 1. The number of halogens is 2. The molecule has 0 spiro atoms. The van der Waals surface area contributed by atoms with Crippen LogP contribution in [0.4, 0.5) is 10.1 Å². The summed E-state index contributed by atoms with van der Waals surface area (Å²) in [6.07, 6.45) is 0. The molecule has 0 unspecified atom stereocenters. The number of aromatic hydroxyl groups is 1. The van der Waals surface area contributed by atoms with Gasteiger partial charge in [0.15, 0.2) is 0 Å². The Morgan fingerprint density at radius 3 is 2.67 bits per heavy atom. The van der Waals surface area contributed by atoms with Gasteiger partial charge in [-0.15, -0.1) is 0 Å². The third kappa shape index (κ3) is 2.78. The van der Waals surface area contributed by atoms with Crippen molar-refractivity contribution in [3.8, 4) is 5.75 Å². The largest absolute Gasteiger partial charge is 0.508 e. The number of hydrogen-bond donors (Lipinski definition) is 2. The highest BCUT2D eigenvalue weighted by Gasteiger charge is 2.07. The lowest BCUT2D eigenvalue weighted by Gasteiger charge is -2.11. The molecule has 0 saturated carbocycles. The highest BCUT2D eigenvalue weighted by molar-refractivity contribution is 6.31. The summed E-state index contributed by atoms with van der Waals surface area (Å²) < 4.78 is 13.1. The molecule has 0 radical (unpaired) electrons. The minimum atomic E-state index is -0.449. The van der Waals surface area contributed by atoms with E-state index in [1.165, 1.54) is 12.1 Å². The van der Waals surface area contributed by atoms with Gasteiger partial charge in [0.1, 0.15) is 11.6 Å². The van der Waals surface area contributed by atoms with Crippen LogP contribution in [0.15, 0.2) is 54.6 Å². The van der Waals surface area contributed by atoms with E-state index in [1.54, 1.807) is 12.1 Å². The molecule has 21 heavy (non-hydrogen) atoms. The first-order valence-corrected chi connectivity index (χ1v) is 6.91. The predicted octanol–water partition coefficient (Wildman–Crippen LogP) is 4.95. The molecule has 0 heterocycles. The van der Waals surface area contributed by atoms with Crippen molar-refractivity contribution in [1.82, 2.24) is 0 Å². The second kappa shape index (κ2) is 5.62. The van der Waals surface area contributed by atoms with E-state index in [9.17, 15) is 9.50 Å². The van der Waals surface area contributed by atoms with Gasteiger partial charge in [-0.1, -0.05) is 41.9 Å². The first-order valence-electron chi connectivity index (χ1n) is 6.53. The molecule has 106 valence electrons. The third-order valence-corrected chi connectivity index (χ3v) is 3.69. The quantitative estimate of drug-likeness (QED) is 0.717. The van der Waals surface area contributed by atoms with E-state index in [2.05, 4.69) is 5.32 Å². The molecule has 0 atom stereocenters. The number of benzene rings is 3. The highest BCUT2D eigenvalue weighted by atomic mass is 35.5. The second-order valence-corrected chi connectivity index (χ2v) is 5.17. The predicted molar refractivity (Wildman–Crippen MR) is 84.3 cm³/mol. The van der Waals surface area contributed by atoms with Crippen LogP contribution in [0.25, 0.3) is 10.8 Å². The molecule has 3 rings (SSSR count). The molecule has 3 aromatic rings. The SMILES string of the molecule is Oc1ccc2ccccc2c1CNc1ccc(F)c(Cl)c1. The molecular weight excluding hydrogens is 289 g/mol. The van der Waals surface area contributed by atoms with Crippen LogP contribution in [0.1, 0.15) is 5.56 Å². The third-order valence-electron chi connectivity index (χ3n) is 3.40. The lowest BCUT2D eigenvalue weighted by molar-refractivity contribution is 0.470. The number of anilines is 1. The van der Waals surface area contributed by atoms with Gasteiger partial charge in [-0.2, -0.15) is 0 Å². The van der Waals surface area contributed by atoms with E-state index < -0.39 is 5.82 Å². The Morgan fingerprint density at radius 1 is 1.05 bits per heavy atom. The summed E-state index contributed by atoms with van der Waals surface area (Å²) in [5, 5.41) is 15.3. The molecule has 2 N–H and O–H groups in total. The van der Waals surface area contributed by atoms with E-state index in [0.717, 1.165) is 16.3 Å². The standard InChI is InChI=1S/C17H13ClFNO/c18-15-9-12(6-7-16(15)19)20-10-14-13-4-2-1-3-11(13)5-8-17(14)21/h1-9,20-21H,10H2. The molecule has 0 aliphatic carbocycles. The average molecular weight is 302 g/mol. The van der Waals surface area contributed by atoms with Crippen molar-refractivity contribution in [3.05, 3.63) is 71.0 Å². The van der Waals surface area contributed by atoms with Crippen LogP contribution < -0.4 is 5.32 Å². The Bertz CT molecular complexity index is 804. The zero-order chi connectivity index (χ0) is 14.8. The normalized spacial score (nSPS) is 10.8. The number of phenolic OH excluding ortho intramolecular Hbond substituents is 1. The minimum Gasteiger partial charge on any atom is -0.508 e. The molecule has 2 nitrogen and oxygen atoms in total. The lowest BCUT2D eigenvalue weighted by atomic mass is 10.0. The Morgan fingerprint density at radius 2 is 1.86 bits per heavy atom.